The number of nitrogens with one attached hydrogen (secondary N) is 1. The molecule has 0 amide bonds. The van der Waals surface area contributed by atoms with Gasteiger partial charge in [0, 0.05) is 19.2 Å². The van der Waals surface area contributed by atoms with E-state index < -0.39 is 10.0 Å². The fourth-order valence-corrected chi connectivity index (χ4v) is 4.25. The molecular weight excluding hydrogens is 366 g/mol. The van der Waals surface area contributed by atoms with Gasteiger partial charge in [0.1, 0.15) is 22.2 Å². The van der Waals surface area contributed by atoms with E-state index in [0.29, 0.717) is 25.3 Å². The molecule has 27 heavy (non-hydrogen) atoms. The first-order valence-corrected chi connectivity index (χ1v) is 10.1. The highest BCUT2D eigenvalue weighted by Gasteiger charge is 2.20. The molecular formula is C19H23N3O4S. The van der Waals surface area contributed by atoms with E-state index in [1.54, 1.807) is 12.1 Å². The Morgan fingerprint density at radius 3 is 2.63 bits per heavy atom. The summed E-state index contributed by atoms with van der Waals surface area (Å²) in [6, 6.07) is 12.6. The van der Waals surface area contributed by atoms with Crippen molar-refractivity contribution >= 4 is 21.1 Å². The Hall–Kier alpha value is -2.58. The Kier molecular flexibility index (Phi) is 5.67. The van der Waals surface area contributed by atoms with Crippen molar-refractivity contribution in [1.29, 1.82) is 0 Å². The molecule has 0 bridgehead atoms. The molecule has 0 radical (unpaired) electrons. The van der Waals surface area contributed by atoms with Crippen LogP contribution in [0.1, 0.15) is 12.2 Å². The van der Waals surface area contributed by atoms with Gasteiger partial charge >= 0.3 is 0 Å². The van der Waals surface area contributed by atoms with Gasteiger partial charge in [-0.05, 0) is 37.6 Å². The lowest BCUT2D eigenvalue weighted by Gasteiger charge is -2.12. The van der Waals surface area contributed by atoms with E-state index in [-0.39, 0.29) is 10.6 Å². The van der Waals surface area contributed by atoms with Crippen molar-refractivity contribution in [3.05, 3.63) is 48.3 Å². The number of ether oxygens (including phenoxy) is 2. The van der Waals surface area contributed by atoms with E-state index >= 15 is 0 Å². The van der Waals surface area contributed by atoms with Gasteiger partial charge in [0.2, 0.25) is 10.0 Å². The van der Waals surface area contributed by atoms with E-state index in [2.05, 4.69) is 14.3 Å². The van der Waals surface area contributed by atoms with Gasteiger partial charge in [-0.3, -0.25) is 0 Å². The average Bonchev–Trinajstić information content (AvgIpc) is 2.99. The maximum absolute atomic E-state index is 12.7. The zero-order valence-electron chi connectivity index (χ0n) is 15.6. The summed E-state index contributed by atoms with van der Waals surface area (Å²) in [5, 5.41) is 0. The second-order valence-electron chi connectivity index (χ2n) is 6.07. The third-order valence-electron chi connectivity index (χ3n) is 4.36. The number of para-hydroxylation sites is 2. The number of aryl methyl sites for hydroxylation is 2. The maximum Gasteiger partial charge on any atom is 0.244 e. The highest BCUT2D eigenvalue weighted by atomic mass is 32.2. The van der Waals surface area contributed by atoms with Gasteiger partial charge < -0.3 is 14.0 Å². The van der Waals surface area contributed by atoms with Crippen LogP contribution in [0.4, 0.5) is 0 Å². The number of fused-ring (bicyclic) bond motifs is 1. The number of imidazole rings is 1. The van der Waals surface area contributed by atoms with Gasteiger partial charge in [-0.25, -0.2) is 18.1 Å². The van der Waals surface area contributed by atoms with Gasteiger partial charge in [0.15, 0.2) is 0 Å². The zero-order chi connectivity index (χ0) is 19.4. The number of benzene rings is 2. The molecule has 0 aliphatic rings. The lowest BCUT2D eigenvalue weighted by Crippen LogP contribution is -2.26. The summed E-state index contributed by atoms with van der Waals surface area (Å²) >= 11 is 0. The number of methoxy groups -OCH3 is 2. The fourth-order valence-electron chi connectivity index (χ4n) is 2.99. The van der Waals surface area contributed by atoms with Crippen LogP contribution < -0.4 is 14.2 Å². The number of sulfonamides is 1. The third kappa shape index (κ3) is 4.06. The van der Waals surface area contributed by atoms with Crippen LogP contribution in [0.25, 0.3) is 11.0 Å². The Morgan fingerprint density at radius 2 is 1.89 bits per heavy atom. The predicted octanol–water partition coefficient (Wildman–Crippen LogP) is 2.73. The zero-order valence-corrected chi connectivity index (χ0v) is 16.4. The molecule has 0 aliphatic heterocycles. The molecule has 3 aromatic rings. The molecule has 1 aromatic heterocycles. The van der Waals surface area contributed by atoms with Crippen molar-refractivity contribution in [1.82, 2.24) is 14.3 Å². The maximum atomic E-state index is 12.7. The minimum Gasteiger partial charge on any atom is -0.497 e. The van der Waals surface area contributed by atoms with Gasteiger partial charge in [-0.1, -0.05) is 12.1 Å². The number of rotatable bonds is 8. The number of hydrogen-bond acceptors (Lipinski definition) is 5. The SMILES string of the molecule is COc1ccc(OC)c(S(=O)(=O)NCCCn2c(C)nc3ccccc32)c1. The van der Waals surface area contributed by atoms with Crippen molar-refractivity contribution in [2.24, 2.45) is 0 Å². The molecule has 8 heteroatoms. The highest BCUT2D eigenvalue weighted by molar-refractivity contribution is 7.89. The largest absolute Gasteiger partial charge is 0.497 e. The molecule has 0 unspecified atom stereocenters. The summed E-state index contributed by atoms with van der Waals surface area (Å²) in [5.74, 6) is 1.64. The number of aromatic nitrogens is 2. The van der Waals surface area contributed by atoms with Crippen molar-refractivity contribution in [2.45, 2.75) is 24.8 Å². The first kappa shape index (κ1) is 19.2. The Bertz CT molecular complexity index is 1040. The molecule has 0 atom stereocenters. The Morgan fingerprint density at radius 1 is 1.11 bits per heavy atom. The summed E-state index contributed by atoms with van der Waals surface area (Å²) in [5.41, 5.74) is 1.99. The smallest absolute Gasteiger partial charge is 0.244 e. The number of hydrogen-bond donors (Lipinski definition) is 1. The van der Waals surface area contributed by atoms with Crippen LogP contribution in [-0.4, -0.2) is 38.7 Å². The van der Waals surface area contributed by atoms with Crippen LogP contribution >= 0.6 is 0 Å². The van der Waals surface area contributed by atoms with Crippen LogP contribution in [0.15, 0.2) is 47.4 Å². The van der Waals surface area contributed by atoms with Crippen molar-refractivity contribution in [2.75, 3.05) is 20.8 Å². The van der Waals surface area contributed by atoms with Gasteiger partial charge in [0.25, 0.3) is 0 Å². The lowest BCUT2D eigenvalue weighted by molar-refractivity contribution is 0.392. The molecule has 0 spiro atoms. The summed E-state index contributed by atoms with van der Waals surface area (Å²) in [6.45, 7) is 2.92. The monoisotopic (exact) mass is 389 g/mol. The second-order valence-corrected chi connectivity index (χ2v) is 7.80. The predicted molar refractivity (Wildman–Crippen MR) is 104 cm³/mol. The minimum absolute atomic E-state index is 0.0635. The van der Waals surface area contributed by atoms with Crippen LogP contribution in [-0.2, 0) is 16.6 Å². The van der Waals surface area contributed by atoms with Crippen LogP contribution in [0.2, 0.25) is 0 Å². The first-order valence-electron chi connectivity index (χ1n) is 8.60. The summed E-state index contributed by atoms with van der Waals surface area (Å²) in [4.78, 5) is 4.59. The highest BCUT2D eigenvalue weighted by Crippen LogP contribution is 2.28. The molecule has 2 aromatic carbocycles. The molecule has 1 N–H and O–H groups in total. The average molecular weight is 389 g/mol. The van der Waals surface area contributed by atoms with Gasteiger partial charge in [-0.15, -0.1) is 0 Å². The Balaban J connectivity index is 1.69. The van der Waals surface area contributed by atoms with E-state index in [1.807, 2.05) is 31.2 Å². The summed E-state index contributed by atoms with van der Waals surface area (Å²) in [6.07, 6.45) is 0.632. The minimum atomic E-state index is -3.71. The van der Waals surface area contributed by atoms with Crippen LogP contribution in [0.3, 0.4) is 0 Å². The van der Waals surface area contributed by atoms with E-state index in [9.17, 15) is 8.42 Å². The molecule has 0 fully saturated rings. The van der Waals surface area contributed by atoms with Crippen molar-refractivity contribution in [3.63, 3.8) is 0 Å². The van der Waals surface area contributed by atoms with Gasteiger partial charge in [0.05, 0.1) is 25.3 Å². The van der Waals surface area contributed by atoms with E-state index in [0.717, 1.165) is 16.9 Å². The van der Waals surface area contributed by atoms with Gasteiger partial charge in [-0.2, -0.15) is 0 Å². The molecule has 0 aliphatic carbocycles. The topological polar surface area (TPSA) is 82.5 Å². The van der Waals surface area contributed by atoms with Crippen LogP contribution in [0, 0.1) is 6.92 Å². The fraction of sp³-hybridized carbons (Fsp3) is 0.316. The molecule has 7 nitrogen and oxygen atoms in total. The normalized spacial score (nSPS) is 11.7. The molecule has 0 saturated heterocycles. The van der Waals surface area contributed by atoms with Crippen molar-refractivity contribution < 1.29 is 17.9 Å². The third-order valence-corrected chi connectivity index (χ3v) is 5.84. The standard InChI is InChI=1S/C19H23N3O4S/c1-14-21-16-7-4-5-8-17(16)22(14)12-6-11-20-27(23,24)19-13-15(25-2)9-10-18(19)26-3/h4-5,7-10,13,20H,6,11-12H2,1-3H3. The molecule has 144 valence electrons. The summed E-state index contributed by atoms with van der Waals surface area (Å²) < 4.78 is 40.3. The molecule has 3 rings (SSSR count). The lowest BCUT2D eigenvalue weighted by atomic mass is 10.3. The first-order chi connectivity index (χ1) is 13.0. The number of nitrogens with zero attached hydrogens (tertiary/aromatic N) is 2. The van der Waals surface area contributed by atoms with E-state index in [4.69, 9.17) is 9.47 Å². The summed E-state index contributed by atoms with van der Waals surface area (Å²) in [7, 11) is -0.781. The second kappa shape index (κ2) is 7.98. The molecule has 1 heterocycles. The molecule has 0 saturated carbocycles. The van der Waals surface area contributed by atoms with E-state index in [1.165, 1.54) is 20.3 Å². The van der Waals surface area contributed by atoms with Crippen molar-refractivity contribution in [3.8, 4) is 11.5 Å². The Labute approximate surface area is 159 Å². The van der Waals surface area contributed by atoms with Crippen LogP contribution in [0.5, 0.6) is 11.5 Å². The quantitative estimate of drug-likeness (QED) is 0.599.